The Morgan fingerprint density at radius 2 is 1.79 bits per heavy atom. The zero-order chi connectivity index (χ0) is 17.5. The minimum atomic E-state index is 0.403. The molecule has 0 radical (unpaired) electrons. The van der Waals surface area contributed by atoms with Crippen molar-refractivity contribution in [3.63, 3.8) is 0 Å². The minimum absolute atomic E-state index is 0.403. The van der Waals surface area contributed by atoms with E-state index in [1.54, 1.807) is 0 Å². The van der Waals surface area contributed by atoms with E-state index < -0.39 is 0 Å². The molecule has 128 valence electrons. The average molecular weight is 344 g/mol. The van der Waals surface area contributed by atoms with Gasteiger partial charge in [-0.25, -0.2) is 0 Å². The quantitative estimate of drug-likeness (QED) is 0.553. The van der Waals surface area contributed by atoms with Crippen LogP contribution in [-0.2, 0) is 0 Å². The highest BCUT2D eigenvalue weighted by Crippen LogP contribution is 2.32. The third kappa shape index (κ3) is 4.39. The van der Waals surface area contributed by atoms with Crippen molar-refractivity contribution in [2.45, 2.75) is 52.5 Å². The fourth-order valence-electron chi connectivity index (χ4n) is 3.19. The Morgan fingerprint density at radius 1 is 1.08 bits per heavy atom. The number of hydrogen-bond donors (Lipinski definition) is 1. The molecule has 3 heteroatoms. The van der Waals surface area contributed by atoms with Crippen LogP contribution in [0.4, 0.5) is 5.69 Å². The zero-order valence-corrected chi connectivity index (χ0v) is 15.5. The predicted molar refractivity (Wildman–Crippen MR) is 104 cm³/mol. The first-order valence-electron chi connectivity index (χ1n) is 8.71. The summed E-state index contributed by atoms with van der Waals surface area (Å²) in [6.45, 7) is 6.41. The first-order chi connectivity index (χ1) is 11.6. The van der Waals surface area contributed by atoms with E-state index in [1.807, 2.05) is 43.3 Å². The summed E-state index contributed by atoms with van der Waals surface area (Å²) in [6.07, 6.45) is 5.43. The maximum Gasteiger partial charge on any atom is 0.152 e. The van der Waals surface area contributed by atoms with Crippen LogP contribution in [0.5, 0.6) is 0 Å². The molecule has 0 amide bonds. The molecular weight excluding hydrogens is 318 g/mol. The monoisotopic (exact) mass is 343 g/mol. The van der Waals surface area contributed by atoms with Crippen LogP contribution in [0, 0.1) is 6.92 Å². The standard InChI is InChI=1S/C21H26ClNO/c1-4-7-17(8-5-2)23-21-10-6-9-19(20(21)14-24)18-12-11-16(22)13-15(18)3/h6,9-14,17,23H,4-5,7-8H2,1-3H3. The molecule has 0 aliphatic heterocycles. The Balaban J connectivity index is 2.43. The lowest BCUT2D eigenvalue weighted by atomic mass is 9.95. The molecule has 1 N–H and O–H groups in total. The van der Waals surface area contributed by atoms with E-state index in [4.69, 9.17) is 11.6 Å². The van der Waals surface area contributed by atoms with Gasteiger partial charge in [0.25, 0.3) is 0 Å². The van der Waals surface area contributed by atoms with Gasteiger partial charge >= 0.3 is 0 Å². The largest absolute Gasteiger partial charge is 0.382 e. The van der Waals surface area contributed by atoms with Gasteiger partial charge in [-0.3, -0.25) is 4.79 Å². The van der Waals surface area contributed by atoms with Gasteiger partial charge in [0.15, 0.2) is 6.29 Å². The molecule has 0 aliphatic rings. The second kappa shape index (κ2) is 8.89. The topological polar surface area (TPSA) is 29.1 Å². The number of anilines is 1. The van der Waals surface area contributed by atoms with Crippen molar-refractivity contribution in [3.8, 4) is 11.1 Å². The summed E-state index contributed by atoms with van der Waals surface area (Å²) < 4.78 is 0. The first kappa shape index (κ1) is 18.5. The highest BCUT2D eigenvalue weighted by Gasteiger charge is 2.14. The van der Waals surface area contributed by atoms with Gasteiger partial charge in [-0.05, 0) is 54.7 Å². The van der Waals surface area contributed by atoms with Gasteiger partial charge in [0.2, 0.25) is 0 Å². The lowest BCUT2D eigenvalue weighted by Crippen LogP contribution is -2.20. The summed E-state index contributed by atoms with van der Waals surface area (Å²) >= 11 is 6.07. The number of halogens is 1. The maximum atomic E-state index is 11.8. The van der Waals surface area contributed by atoms with Gasteiger partial charge in [-0.15, -0.1) is 0 Å². The van der Waals surface area contributed by atoms with E-state index in [9.17, 15) is 4.79 Å². The van der Waals surface area contributed by atoms with Crippen LogP contribution < -0.4 is 5.32 Å². The second-order valence-corrected chi connectivity index (χ2v) is 6.70. The fraction of sp³-hybridized carbons (Fsp3) is 0.381. The summed E-state index contributed by atoms with van der Waals surface area (Å²) in [5.41, 5.74) is 4.72. The number of aldehydes is 1. The number of nitrogens with one attached hydrogen (secondary N) is 1. The highest BCUT2D eigenvalue weighted by atomic mass is 35.5. The van der Waals surface area contributed by atoms with Crippen molar-refractivity contribution in [2.24, 2.45) is 0 Å². The molecule has 0 atom stereocenters. The molecule has 2 aromatic rings. The van der Waals surface area contributed by atoms with E-state index in [0.717, 1.165) is 59.9 Å². The molecule has 0 saturated carbocycles. The average Bonchev–Trinajstić information content (AvgIpc) is 2.55. The van der Waals surface area contributed by atoms with E-state index >= 15 is 0 Å². The number of rotatable bonds is 8. The summed E-state index contributed by atoms with van der Waals surface area (Å²) in [6, 6.07) is 12.2. The van der Waals surface area contributed by atoms with Crippen molar-refractivity contribution in [3.05, 3.63) is 52.5 Å². The van der Waals surface area contributed by atoms with Crippen molar-refractivity contribution >= 4 is 23.6 Å². The molecule has 0 heterocycles. The lowest BCUT2D eigenvalue weighted by Gasteiger charge is -2.21. The third-order valence-electron chi connectivity index (χ3n) is 4.34. The van der Waals surface area contributed by atoms with Crippen molar-refractivity contribution < 1.29 is 4.79 Å². The van der Waals surface area contributed by atoms with Gasteiger partial charge in [0, 0.05) is 22.3 Å². The summed E-state index contributed by atoms with van der Waals surface area (Å²) in [5.74, 6) is 0. The van der Waals surface area contributed by atoms with Crippen LogP contribution in [0.3, 0.4) is 0 Å². The van der Waals surface area contributed by atoms with E-state index in [-0.39, 0.29) is 0 Å². The number of hydrogen-bond acceptors (Lipinski definition) is 2. The van der Waals surface area contributed by atoms with Crippen LogP contribution in [0.25, 0.3) is 11.1 Å². The fourth-order valence-corrected chi connectivity index (χ4v) is 3.41. The molecule has 0 aliphatic carbocycles. The summed E-state index contributed by atoms with van der Waals surface area (Å²) in [4.78, 5) is 11.8. The molecule has 0 aromatic heterocycles. The Morgan fingerprint density at radius 3 is 2.38 bits per heavy atom. The van der Waals surface area contributed by atoms with Crippen LogP contribution >= 0.6 is 11.6 Å². The number of aryl methyl sites for hydroxylation is 1. The van der Waals surface area contributed by atoms with Gasteiger partial charge in [0.05, 0.1) is 0 Å². The van der Waals surface area contributed by atoms with E-state index in [0.29, 0.717) is 11.1 Å². The Bertz CT molecular complexity index is 690. The van der Waals surface area contributed by atoms with Gasteiger partial charge in [-0.2, -0.15) is 0 Å². The third-order valence-corrected chi connectivity index (χ3v) is 4.57. The molecule has 0 fully saturated rings. The molecule has 2 nitrogen and oxygen atoms in total. The van der Waals surface area contributed by atoms with Crippen LogP contribution in [-0.4, -0.2) is 12.3 Å². The lowest BCUT2D eigenvalue weighted by molar-refractivity contribution is 0.112. The number of benzene rings is 2. The highest BCUT2D eigenvalue weighted by molar-refractivity contribution is 6.30. The number of carbonyl (C=O) groups is 1. The van der Waals surface area contributed by atoms with Crippen molar-refractivity contribution in [1.82, 2.24) is 0 Å². The normalized spacial score (nSPS) is 10.9. The number of carbonyl (C=O) groups excluding carboxylic acids is 1. The molecule has 2 rings (SSSR count). The van der Waals surface area contributed by atoms with Gasteiger partial charge in [0.1, 0.15) is 0 Å². The SMILES string of the molecule is CCCC(CCC)Nc1cccc(-c2ccc(Cl)cc2C)c1C=O. The Labute approximate surface area is 150 Å². The van der Waals surface area contributed by atoms with Gasteiger partial charge in [-0.1, -0.05) is 56.5 Å². The van der Waals surface area contributed by atoms with Gasteiger partial charge < -0.3 is 5.32 Å². The first-order valence-corrected chi connectivity index (χ1v) is 9.09. The maximum absolute atomic E-state index is 11.8. The minimum Gasteiger partial charge on any atom is -0.382 e. The molecule has 24 heavy (non-hydrogen) atoms. The molecule has 0 saturated heterocycles. The summed E-state index contributed by atoms with van der Waals surface area (Å²) in [7, 11) is 0. The van der Waals surface area contributed by atoms with Crippen molar-refractivity contribution in [1.29, 1.82) is 0 Å². The molecule has 0 unspecified atom stereocenters. The predicted octanol–water partition coefficient (Wildman–Crippen LogP) is 6.51. The summed E-state index contributed by atoms with van der Waals surface area (Å²) in [5, 5.41) is 4.30. The Kier molecular flexibility index (Phi) is 6.86. The second-order valence-electron chi connectivity index (χ2n) is 6.26. The molecule has 0 spiro atoms. The molecule has 2 aromatic carbocycles. The van der Waals surface area contributed by atoms with E-state index in [2.05, 4.69) is 19.2 Å². The zero-order valence-electron chi connectivity index (χ0n) is 14.7. The Hall–Kier alpha value is -1.80. The van der Waals surface area contributed by atoms with Crippen LogP contribution in [0.15, 0.2) is 36.4 Å². The van der Waals surface area contributed by atoms with Crippen LogP contribution in [0.1, 0.15) is 55.5 Å². The smallest absolute Gasteiger partial charge is 0.152 e. The van der Waals surface area contributed by atoms with Crippen LogP contribution in [0.2, 0.25) is 5.02 Å². The van der Waals surface area contributed by atoms with Crippen molar-refractivity contribution in [2.75, 3.05) is 5.32 Å². The molecule has 0 bridgehead atoms. The molecular formula is C21H26ClNO. The van der Waals surface area contributed by atoms with E-state index in [1.165, 1.54) is 0 Å².